The molecule has 1 atom stereocenters. The predicted octanol–water partition coefficient (Wildman–Crippen LogP) is 3.09. The van der Waals surface area contributed by atoms with Crippen molar-refractivity contribution in [2.24, 2.45) is 17.7 Å². The monoisotopic (exact) mass is 253 g/mol. The van der Waals surface area contributed by atoms with E-state index in [-0.39, 0.29) is 0 Å². The van der Waals surface area contributed by atoms with Crippen molar-refractivity contribution in [3.05, 3.63) is 15.6 Å². The molecular formula is C13H23N3S. The minimum absolute atomic E-state index is 0.300. The van der Waals surface area contributed by atoms with E-state index in [2.05, 4.69) is 31.2 Å². The molecule has 0 aromatic carbocycles. The van der Waals surface area contributed by atoms with Gasteiger partial charge in [-0.15, -0.1) is 11.3 Å². The topological polar surface area (TPSA) is 50.9 Å². The van der Waals surface area contributed by atoms with Crippen LogP contribution >= 0.6 is 11.3 Å². The lowest BCUT2D eigenvalue weighted by Gasteiger charge is -2.32. The van der Waals surface area contributed by atoms with Crippen LogP contribution in [-0.2, 0) is 0 Å². The van der Waals surface area contributed by atoms with Crippen LogP contribution in [0.15, 0.2) is 0 Å². The van der Waals surface area contributed by atoms with E-state index in [1.165, 1.54) is 30.6 Å². The number of nitrogens with two attached hydrogens (primary N) is 1. The average Bonchev–Trinajstić information content (AvgIpc) is 2.62. The minimum Gasteiger partial charge on any atom is -0.271 e. The van der Waals surface area contributed by atoms with E-state index in [0.29, 0.717) is 12.0 Å². The summed E-state index contributed by atoms with van der Waals surface area (Å²) in [5.74, 6) is 7.34. The van der Waals surface area contributed by atoms with E-state index in [1.54, 1.807) is 11.3 Å². The van der Waals surface area contributed by atoms with Crippen LogP contribution in [0, 0.1) is 25.7 Å². The molecule has 0 amide bonds. The van der Waals surface area contributed by atoms with Gasteiger partial charge in [-0.25, -0.2) is 4.98 Å². The molecule has 1 fully saturated rings. The fourth-order valence-corrected chi connectivity index (χ4v) is 3.96. The molecule has 0 saturated heterocycles. The summed E-state index contributed by atoms with van der Waals surface area (Å²) in [6, 6.07) is 0.300. The fraction of sp³-hybridized carbons (Fsp3) is 0.769. The van der Waals surface area contributed by atoms with Gasteiger partial charge in [0.25, 0.3) is 0 Å². The fourth-order valence-electron chi connectivity index (χ4n) is 2.88. The van der Waals surface area contributed by atoms with Crippen molar-refractivity contribution < 1.29 is 0 Å². The Morgan fingerprint density at radius 1 is 1.29 bits per heavy atom. The van der Waals surface area contributed by atoms with Gasteiger partial charge in [0.15, 0.2) is 0 Å². The van der Waals surface area contributed by atoms with Crippen molar-refractivity contribution in [2.45, 2.75) is 52.5 Å². The highest BCUT2D eigenvalue weighted by Crippen LogP contribution is 2.39. The molecule has 0 bridgehead atoms. The Morgan fingerprint density at radius 2 is 1.94 bits per heavy atom. The van der Waals surface area contributed by atoms with Gasteiger partial charge in [0.2, 0.25) is 0 Å². The molecule has 0 spiro atoms. The standard InChI is InChI=1S/C13H23N3S/c1-8-4-6-11(7-5-8)12(16-14)13-9(2)15-10(3)17-13/h8,11-12,16H,4-7,14H2,1-3H3. The largest absolute Gasteiger partial charge is 0.271 e. The Balaban J connectivity index is 2.13. The number of rotatable bonds is 3. The Bertz CT molecular complexity index is 367. The van der Waals surface area contributed by atoms with Gasteiger partial charge < -0.3 is 0 Å². The lowest BCUT2D eigenvalue weighted by atomic mass is 9.79. The summed E-state index contributed by atoms with van der Waals surface area (Å²) in [7, 11) is 0. The number of thiazole rings is 1. The maximum absolute atomic E-state index is 5.78. The van der Waals surface area contributed by atoms with Gasteiger partial charge in [-0.3, -0.25) is 11.3 Å². The number of nitrogens with one attached hydrogen (secondary N) is 1. The Kier molecular flexibility index (Phi) is 4.17. The van der Waals surface area contributed by atoms with Gasteiger partial charge in [-0.05, 0) is 38.5 Å². The van der Waals surface area contributed by atoms with Crippen LogP contribution in [0.3, 0.4) is 0 Å². The van der Waals surface area contributed by atoms with Gasteiger partial charge in [-0.2, -0.15) is 0 Å². The van der Waals surface area contributed by atoms with Crippen LogP contribution in [0.25, 0.3) is 0 Å². The molecule has 2 rings (SSSR count). The van der Waals surface area contributed by atoms with Gasteiger partial charge in [0.1, 0.15) is 0 Å². The van der Waals surface area contributed by atoms with Crippen LogP contribution in [0.5, 0.6) is 0 Å². The van der Waals surface area contributed by atoms with Crippen molar-refractivity contribution >= 4 is 11.3 Å². The van der Waals surface area contributed by atoms with Crippen LogP contribution in [-0.4, -0.2) is 4.98 Å². The Hall–Kier alpha value is -0.450. The third kappa shape index (κ3) is 2.87. The minimum atomic E-state index is 0.300. The Morgan fingerprint density at radius 3 is 2.41 bits per heavy atom. The summed E-state index contributed by atoms with van der Waals surface area (Å²) < 4.78 is 0. The molecule has 1 unspecified atom stereocenters. The number of aromatic nitrogens is 1. The highest BCUT2D eigenvalue weighted by Gasteiger charge is 2.28. The molecule has 17 heavy (non-hydrogen) atoms. The number of hydrazine groups is 1. The second kappa shape index (κ2) is 5.46. The first-order valence-corrected chi connectivity index (χ1v) is 7.33. The zero-order valence-electron chi connectivity index (χ0n) is 11.0. The first-order chi connectivity index (χ1) is 8.11. The molecule has 1 aliphatic rings. The van der Waals surface area contributed by atoms with Crippen LogP contribution in [0.2, 0.25) is 0 Å². The van der Waals surface area contributed by atoms with Crippen molar-refractivity contribution in [1.82, 2.24) is 10.4 Å². The second-order valence-corrected chi connectivity index (χ2v) is 6.58. The summed E-state index contributed by atoms with van der Waals surface area (Å²) in [5, 5.41) is 1.14. The van der Waals surface area contributed by atoms with Crippen LogP contribution in [0.4, 0.5) is 0 Å². The molecule has 1 aromatic rings. The maximum Gasteiger partial charge on any atom is 0.0900 e. The van der Waals surface area contributed by atoms with Gasteiger partial charge in [0, 0.05) is 4.88 Å². The first kappa shape index (κ1) is 13.0. The normalized spacial score (nSPS) is 27.1. The zero-order valence-corrected chi connectivity index (χ0v) is 11.8. The lowest BCUT2D eigenvalue weighted by Crippen LogP contribution is -2.35. The number of nitrogens with zero attached hydrogens (tertiary/aromatic N) is 1. The molecule has 3 N–H and O–H groups in total. The van der Waals surface area contributed by atoms with E-state index in [1.807, 2.05) is 0 Å². The molecule has 0 radical (unpaired) electrons. The van der Waals surface area contributed by atoms with Crippen LogP contribution < -0.4 is 11.3 Å². The molecule has 1 heterocycles. The molecule has 0 aliphatic heterocycles. The molecular weight excluding hydrogens is 230 g/mol. The van der Waals surface area contributed by atoms with E-state index in [0.717, 1.165) is 16.6 Å². The number of hydrogen-bond donors (Lipinski definition) is 2. The van der Waals surface area contributed by atoms with Gasteiger partial charge in [0.05, 0.1) is 16.7 Å². The number of aryl methyl sites for hydroxylation is 2. The molecule has 1 saturated carbocycles. The maximum atomic E-state index is 5.78. The first-order valence-electron chi connectivity index (χ1n) is 6.52. The second-order valence-electron chi connectivity index (χ2n) is 5.35. The summed E-state index contributed by atoms with van der Waals surface area (Å²) in [6.45, 7) is 6.51. The van der Waals surface area contributed by atoms with E-state index >= 15 is 0 Å². The zero-order chi connectivity index (χ0) is 12.4. The van der Waals surface area contributed by atoms with Crippen LogP contribution in [0.1, 0.15) is 54.2 Å². The van der Waals surface area contributed by atoms with Crippen molar-refractivity contribution in [2.75, 3.05) is 0 Å². The summed E-state index contributed by atoms with van der Waals surface area (Å²) in [5.41, 5.74) is 4.17. The SMILES string of the molecule is Cc1nc(C)c(C(NN)C2CCC(C)CC2)s1. The molecule has 4 heteroatoms. The highest BCUT2D eigenvalue weighted by atomic mass is 32.1. The molecule has 1 aromatic heterocycles. The van der Waals surface area contributed by atoms with E-state index < -0.39 is 0 Å². The number of hydrogen-bond acceptors (Lipinski definition) is 4. The summed E-state index contributed by atoms with van der Waals surface area (Å²) in [6.07, 6.45) is 5.23. The highest BCUT2D eigenvalue weighted by molar-refractivity contribution is 7.11. The molecule has 3 nitrogen and oxygen atoms in total. The average molecular weight is 253 g/mol. The predicted molar refractivity (Wildman–Crippen MR) is 72.8 cm³/mol. The van der Waals surface area contributed by atoms with E-state index in [4.69, 9.17) is 5.84 Å². The molecule has 96 valence electrons. The third-order valence-electron chi connectivity index (χ3n) is 3.93. The van der Waals surface area contributed by atoms with Crippen molar-refractivity contribution in [1.29, 1.82) is 0 Å². The Labute approximate surface area is 108 Å². The molecule has 1 aliphatic carbocycles. The quantitative estimate of drug-likeness (QED) is 0.643. The van der Waals surface area contributed by atoms with Gasteiger partial charge >= 0.3 is 0 Å². The van der Waals surface area contributed by atoms with E-state index in [9.17, 15) is 0 Å². The third-order valence-corrected chi connectivity index (χ3v) is 5.09. The summed E-state index contributed by atoms with van der Waals surface area (Å²) >= 11 is 1.79. The summed E-state index contributed by atoms with van der Waals surface area (Å²) in [4.78, 5) is 5.85. The van der Waals surface area contributed by atoms with Gasteiger partial charge in [-0.1, -0.05) is 19.8 Å². The lowest BCUT2D eigenvalue weighted by molar-refractivity contribution is 0.234. The smallest absolute Gasteiger partial charge is 0.0900 e. The van der Waals surface area contributed by atoms with Crippen molar-refractivity contribution in [3.63, 3.8) is 0 Å². The van der Waals surface area contributed by atoms with Crippen molar-refractivity contribution in [3.8, 4) is 0 Å².